The predicted octanol–water partition coefficient (Wildman–Crippen LogP) is 4.99. The van der Waals surface area contributed by atoms with E-state index in [1.54, 1.807) is 18.2 Å². The fourth-order valence-corrected chi connectivity index (χ4v) is 4.37. The van der Waals surface area contributed by atoms with E-state index in [0.29, 0.717) is 10.7 Å². The fraction of sp³-hybridized carbons (Fsp3) is 0.593. The fourth-order valence-electron chi connectivity index (χ4n) is 4.18. The maximum atomic E-state index is 11.3. The second-order valence-electron chi connectivity index (χ2n) is 9.10. The van der Waals surface area contributed by atoms with E-state index in [-0.39, 0.29) is 11.3 Å². The van der Waals surface area contributed by atoms with Crippen molar-refractivity contribution in [1.82, 2.24) is 9.78 Å². The van der Waals surface area contributed by atoms with Gasteiger partial charge in [-0.3, -0.25) is 4.79 Å². The van der Waals surface area contributed by atoms with Crippen LogP contribution in [0, 0.1) is 0 Å². The number of unbranched alkanes of at least 4 members (excludes halogenated alkanes) is 4. The number of carbonyl (C=O) groups excluding carboxylic acids is 2. The molecule has 196 valence electrons. The molecule has 0 saturated carbocycles. The van der Waals surface area contributed by atoms with E-state index < -0.39 is 11.9 Å². The Labute approximate surface area is 215 Å². The molecule has 8 heteroatoms. The molecule has 0 atom stereocenters. The molecule has 1 aromatic carbocycles. The Kier molecular flexibility index (Phi) is 14.3. The third kappa shape index (κ3) is 10.0. The minimum atomic E-state index is -1.52. The summed E-state index contributed by atoms with van der Waals surface area (Å²) in [5.74, 6) is -2.43. The van der Waals surface area contributed by atoms with Crippen molar-refractivity contribution in [1.29, 1.82) is 0 Å². The van der Waals surface area contributed by atoms with Crippen molar-refractivity contribution in [3.8, 4) is 5.69 Å². The Bertz CT molecular complexity index is 876. The molecule has 0 aliphatic carbocycles. The first-order valence-electron chi connectivity index (χ1n) is 12.9. The lowest BCUT2D eigenvalue weighted by molar-refractivity contribution is -0.929. The number of rotatable bonds is 15. The normalized spacial score (nSPS) is 11.1. The molecule has 7 nitrogen and oxygen atoms in total. The van der Waals surface area contributed by atoms with Gasteiger partial charge in [0.1, 0.15) is 5.69 Å². The van der Waals surface area contributed by atoms with Crippen molar-refractivity contribution < 1.29 is 19.2 Å². The van der Waals surface area contributed by atoms with Crippen molar-refractivity contribution in [2.45, 2.75) is 79.1 Å². The summed E-state index contributed by atoms with van der Waals surface area (Å²) in [4.78, 5) is 22.1. The summed E-state index contributed by atoms with van der Waals surface area (Å²) >= 11 is 5.81. The number of halogens is 1. The molecule has 0 aliphatic heterocycles. The number of hydrogen-bond donors (Lipinski definition) is 1. The van der Waals surface area contributed by atoms with Gasteiger partial charge in [0.15, 0.2) is 0 Å². The molecule has 0 radical (unpaired) electrons. The number of quaternary nitrogens is 1. The largest absolute Gasteiger partial charge is 0.545 e. The molecule has 0 unspecified atom stereocenters. The van der Waals surface area contributed by atoms with Gasteiger partial charge in [-0.2, -0.15) is 5.10 Å². The first-order valence-corrected chi connectivity index (χ1v) is 13.3. The smallest absolute Gasteiger partial charge is 0.268 e. The molecule has 0 fully saturated rings. The predicted molar refractivity (Wildman–Crippen MR) is 141 cm³/mol. The van der Waals surface area contributed by atoms with Crippen molar-refractivity contribution >= 4 is 23.5 Å². The van der Waals surface area contributed by atoms with Gasteiger partial charge in [0.2, 0.25) is 0 Å². The number of benzene rings is 1. The molecule has 1 amide bonds. The van der Waals surface area contributed by atoms with Crippen LogP contribution in [-0.2, 0) is 0 Å². The van der Waals surface area contributed by atoms with Crippen LogP contribution in [0.2, 0.25) is 5.02 Å². The Hall–Kier alpha value is -2.38. The number of hydrogen-bond acceptors (Lipinski definition) is 4. The molecule has 0 spiro atoms. The van der Waals surface area contributed by atoms with E-state index in [9.17, 15) is 14.7 Å². The molecule has 0 aliphatic rings. The van der Waals surface area contributed by atoms with Crippen LogP contribution >= 0.6 is 11.6 Å². The number of carboxylic acid groups (broad SMARTS) is 1. The minimum absolute atomic E-state index is 0.253. The number of carboxylic acids is 1. The highest BCUT2D eigenvalue weighted by molar-refractivity contribution is 6.30. The first-order chi connectivity index (χ1) is 16.7. The highest BCUT2D eigenvalue weighted by Gasteiger charge is 2.24. The van der Waals surface area contributed by atoms with Crippen molar-refractivity contribution in [2.24, 2.45) is 5.73 Å². The minimum Gasteiger partial charge on any atom is -0.545 e. The van der Waals surface area contributed by atoms with Crippen LogP contribution in [0.3, 0.4) is 0 Å². The Morgan fingerprint density at radius 3 is 1.80 bits per heavy atom. The second-order valence-corrected chi connectivity index (χ2v) is 9.54. The summed E-state index contributed by atoms with van der Waals surface area (Å²) < 4.78 is 2.53. The summed E-state index contributed by atoms with van der Waals surface area (Å²) in [5, 5.41) is 15.1. The summed E-state index contributed by atoms with van der Waals surface area (Å²) in [6.45, 7) is 15.0. The molecule has 0 saturated heterocycles. The van der Waals surface area contributed by atoms with Crippen LogP contribution in [0.4, 0.5) is 0 Å². The lowest BCUT2D eigenvalue weighted by atomic mass is 10.1. The van der Waals surface area contributed by atoms with E-state index in [1.807, 2.05) is 0 Å². The number of primary amides is 1. The highest BCUT2D eigenvalue weighted by Crippen LogP contribution is 2.18. The molecule has 35 heavy (non-hydrogen) atoms. The van der Waals surface area contributed by atoms with Gasteiger partial charge in [-0.15, -0.1) is 0 Å². The Morgan fingerprint density at radius 1 is 0.943 bits per heavy atom. The third-order valence-corrected chi connectivity index (χ3v) is 6.45. The second kappa shape index (κ2) is 16.3. The van der Waals surface area contributed by atoms with E-state index >= 15 is 0 Å². The number of nitrogens with zero attached hydrogens (tertiary/aromatic N) is 3. The zero-order valence-electron chi connectivity index (χ0n) is 21.9. The van der Waals surface area contributed by atoms with E-state index in [1.165, 1.54) is 88.1 Å². The van der Waals surface area contributed by atoms with Crippen LogP contribution in [0.15, 0.2) is 30.5 Å². The van der Waals surface area contributed by atoms with Gasteiger partial charge in [-0.05, 0) is 43.9 Å². The summed E-state index contributed by atoms with van der Waals surface area (Å²) in [6.07, 6.45) is 12.1. The van der Waals surface area contributed by atoms with Gasteiger partial charge >= 0.3 is 0 Å². The zero-order valence-corrected chi connectivity index (χ0v) is 22.6. The topological polar surface area (TPSA) is 101 Å². The first kappa shape index (κ1) is 30.7. The van der Waals surface area contributed by atoms with Gasteiger partial charge in [0.25, 0.3) is 5.91 Å². The van der Waals surface area contributed by atoms with Gasteiger partial charge in [-0.1, -0.05) is 71.0 Å². The number of amides is 1. The molecule has 2 rings (SSSR count). The lowest BCUT2D eigenvalue weighted by Crippen LogP contribution is -2.50. The van der Waals surface area contributed by atoms with Crippen LogP contribution in [0.1, 0.15) is 99.9 Å². The molecular formula is C27H43ClN4O3. The van der Waals surface area contributed by atoms with Crippen molar-refractivity contribution in [2.75, 3.05) is 26.2 Å². The average molecular weight is 507 g/mol. The van der Waals surface area contributed by atoms with Crippen molar-refractivity contribution in [3.05, 3.63) is 46.7 Å². The SMILES string of the molecule is CCCC[N+](CCCC)(CCCC)CCCC.NC(=O)c1c(C(=O)[O-])cnn1-c1cccc(Cl)c1. The average Bonchev–Trinajstić information content (AvgIpc) is 3.30. The molecule has 2 aromatic rings. The summed E-state index contributed by atoms with van der Waals surface area (Å²) in [5.41, 5.74) is 4.97. The molecule has 1 aromatic heterocycles. The molecule has 2 N–H and O–H groups in total. The lowest BCUT2D eigenvalue weighted by Gasteiger charge is -2.39. The van der Waals surface area contributed by atoms with Gasteiger partial charge in [0, 0.05) is 10.6 Å². The number of aromatic nitrogens is 2. The van der Waals surface area contributed by atoms with Crippen LogP contribution in [0.5, 0.6) is 0 Å². The molecular weight excluding hydrogens is 464 g/mol. The highest BCUT2D eigenvalue weighted by atomic mass is 35.5. The quantitative estimate of drug-likeness (QED) is 0.344. The Balaban J connectivity index is 0.000000351. The molecule has 0 bridgehead atoms. The van der Waals surface area contributed by atoms with Crippen LogP contribution in [0.25, 0.3) is 5.69 Å². The van der Waals surface area contributed by atoms with Crippen LogP contribution in [-0.4, -0.2) is 52.3 Å². The molecule has 1 heterocycles. The standard InChI is InChI=1S/C16H36N.C11H8ClN3O3/c1-5-9-13-17(14-10-6-2,15-11-7-3)16-12-8-4;12-6-2-1-3-7(4-6)15-9(10(13)16)8(5-14-15)11(17)18/h5-16H2,1-4H3;1-5H,(H2,13,16)(H,17,18)/q+1;/p-1. The van der Waals surface area contributed by atoms with E-state index in [0.717, 1.165) is 10.9 Å². The van der Waals surface area contributed by atoms with Gasteiger partial charge in [-0.25, -0.2) is 4.68 Å². The van der Waals surface area contributed by atoms with E-state index in [4.69, 9.17) is 17.3 Å². The van der Waals surface area contributed by atoms with Crippen molar-refractivity contribution in [3.63, 3.8) is 0 Å². The third-order valence-electron chi connectivity index (χ3n) is 6.22. The van der Waals surface area contributed by atoms with E-state index in [2.05, 4.69) is 32.8 Å². The Morgan fingerprint density at radius 2 is 1.43 bits per heavy atom. The summed E-state index contributed by atoms with van der Waals surface area (Å²) in [7, 11) is 0. The van der Waals surface area contributed by atoms with Gasteiger partial charge in [0.05, 0.1) is 44.0 Å². The maximum Gasteiger partial charge on any atom is 0.268 e. The van der Waals surface area contributed by atoms with Gasteiger partial charge < -0.3 is 20.1 Å². The number of nitrogens with two attached hydrogens (primary N) is 1. The maximum absolute atomic E-state index is 11.3. The number of carbonyl (C=O) groups is 2. The number of aromatic carboxylic acids is 1. The monoisotopic (exact) mass is 506 g/mol. The van der Waals surface area contributed by atoms with Crippen LogP contribution < -0.4 is 10.8 Å². The zero-order chi connectivity index (χ0) is 26.3. The summed E-state index contributed by atoms with van der Waals surface area (Å²) in [6, 6.07) is 6.42.